The average molecular weight is 303 g/mol. The summed E-state index contributed by atoms with van der Waals surface area (Å²) in [4.78, 5) is 17.3. The van der Waals surface area contributed by atoms with Gasteiger partial charge in [-0.25, -0.2) is 4.98 Å². The Morgan fingerprint density at radius 1 is 1.48 bits per heavy atom. The molecule has 2 aromatic rings. The number of hydrogen-bond acceptors (Lipinski definition) is 3. The van der Waals surface area contributed by atoms with E-state index in [-0.39, 0.29) is 5.91 Å². The van der Waals surface area contributed by atoms with E-state index in [1.165, 1.54) is 24.0 Å². The predicted molar refractivity (Wildman–Crippen MR) is 84.8 cm³/mol. The highest BCUT2D eigenvalue weighted by molar-refractivity contribution is 7.12. The van der Waals surface area contributed by atoms with Crippen molar-refractivity contribution in [2.24, 2.45) is 0 Å². The summed E-state index contributed by atoms with van der Waals surface area (Å²) in [5, 5.41) is 5.23. The van der Waals surface area contributed by atoms with Gasteiger partial charge in [0, 0.05) is 25.0 Å². The van der Waals surface area contributed by atoms with Gasteiger partial charge in [0.05, 0.1) is 11.2 Å². The van der Waals surface area contributed by atoms with Crippen molar-refractivity contribution in [1.29, 1.82) is 0 Å². The lowest BCUT2D eigenvalue weighted by Gasteiger charge is -2.14. The van der Waals surface area contributed by atoms with Crippen molar-refractivity contribution < 1.29 is 4.79 Å². The van der Waals surface area contributed by atoms with Crippen LogP contribution in [0.3, 0.4) is 0 Å². The van der Waals surface area contributed by atoms with Crippen LogP contribution >= 0.6 is 11.3 Å². The maximum Gasteiger partial charge on any atom is 0.261 e. The van der Waals surface area contributed by atoms with Crippen LogP contribution in [0.15, 0.2) is 24.1 Å². The fraction of sp³-hybridized carbons (Fsp3) is 0.500. The molecule has 2 heterocycles. The Labute approximate surface area is 129 Å². The quantitative estimate of drug-likeness (QED) is 0.922. The molecule has 0 radical (unpaired) electrons. The SMILES string of the molecule is CC(CCNC(=O)c1scc2c1CCCC2)n1ccnc1. The third-order valence-electron chi connectivity index (χ3n) is 4.19. The van der Waals surface area contributed by atoms with E-state index in [1.54, 1.807) is 17.5 Å². The van der Waals surface area contributed by atoms with Crippen molar-refractivity contribution in [1.82, 2.24) is 14.9 Å². The van der Waals surface area contributed by atoms with Crippen molar-refractivity contribution >= 4 is 17.2 Å². The number of rotatable bonds is 5. The number of carbonyl (C=O) groups excluding carboxylic acids is 1. The molecule has 0 saturated heterocycles. The van der Waals surface area contributed by atoms with Crippen LogP contribution < -0.4 is 5.32 Å². The molecule has 4 nitrogen and oxygen atoms in total. The first-order chi connectivity index (χ1) is 10.3. The first-order valence-electron chi connectivity index (χ1n) is 7.60. The molecule has 1 atom stereocenters. The van der Waals surface area contributed by atoms with Crippen LogP contribution in [0.4, 0.5) is 0 Å². The maximum atomic E-state index is 12.3. The minimum atomic E-state index is 0.0981. The molecule has 0 bridgehead atoms. The Balaban J connectivity index is 1.54. The van der Waals surface area contributed by atoms with E-state index in [0.29, 0.717) is 12.6 Å². The number of nitrogens with zero attached hydrogens (tertiary/aromatic N) is 2. The van der Waals surface area contributed by atoms with Crippen LogP contribution in [-0.4, -0.2) is 22.0 Å². The minimum absolute atomic E-state index is 0.0981. The number of imidazole rings is 1. The summed E-state index contributed by atoms with van der Waals surface area (Å²) in [5.41, 5.74) is 2.69. The molecule has 1 aliphatic rings. The zero-order valence-electron chi connectivity index (χ0n) is 12.3. The highest BCUT2D eigenvalue weighted by atomic mass is 32.1. The second-order valence-electron chi connectivity index (χ2n) is 5.68. The number of hydrogen-bond donors (Lipinski definition) is 1. The predicted octanol–water partition coefficient (Wildman–Crippen LogP) is 3.20. The lowest BCUT2D eigenvalue weighted by atomic mass is 9.94. The minimum Gasteiger partial charge on any atom is -0.351 e. The molecule has 21 heavy (non-hydrogen) atoms. The largest absolute Gasteiger partial charge is 0.351 e. The fourth-order valence-electron chi connectivity index (χ4n) is 2.86. The van der Waals surface area contributed by atoms with E-state index in [9.17, 15) is 4.79 Å². The molecule has 1 unspecified atom stereocenters. The Morgan fingerprint density at radius 3 is 3.14 bits per heavy atom. The fourth-order valence-corrected chi connectivity index (χ4v) is 3.94. The summed E-state index contributed by atoms with van der Waals surface area (Å²) in [7, 11) is 0. The second-order valence-corrected chi connectivity index (χ2v) is 6.56. The monoisotopic (exact) mass is 303 g/mol. The summed E-state index contributed by atoms with van der Waals surface area (Å²) in [6, 6.07) is 0.352. The van der Waals surface area contributed by atoms with Crippen molar-refractivity contribution in [2.45, 2.75) is 45.1 Å². The molecular weight excluding hydrogens is 282 g/mol. The van der Waals surface area contributed by atoms with Gasteiger partial charge in [-0.3, -0.25) is 4.79 Å². The molecule has 3 rings (SSSR count). The molecular formula is C16H21N3OS. The zero-order valence-corrected chi connectivity index (χ0v) is 13.2. The molecule has 5 heteroatoms. The van der Waals surface area contributed by atoms with Crippen molar-refractivity contribution in [3.63, 3.8) is 0 Å². The van der Waals surface area contributed by atoms with Gasteiger partial charge in [0.25, 0.3) is 5.91 Å². The molecule has 1 amide bonds. The van der Waals surface area contributed by atoms with Gasteiger partial charge in [0.1, 0.15) is 0 Å². The normalized spacial score (nSPS) is 15.5. The van der Waals surface area contributed by atoms with Crippen LogP contribution in [-0.2, 0) is 12.8 Å². The zero-order chi connectivity index (χ0) is 14.7. The van der Waals surface area contributed by atoms with Gasteiger partial charge >= 0.3 is 0 Å². The average Bonchev–Trinajstić information content (AvgIpc) is 3.16. The number of carbonyl (C=O) groups is 1. The number of fused-ring (bicyclic) bond motifs is 1. The Morgan fingerprint density at radius 2 is 2.33 bits per heavy atom. The first kappa shape index (κ1) is 14.3. The van der Waals surface area contributed by atoms with E-state index in [2.05, 4.69) is 27.2 Å². The van der Waals surface area contributed by atoms with Crippen molar-refractivity contribution in [3.8, 4) is 0 Å². The third kappa shape index (κ3) is 3.18. The molecule has 0 saturated carbocycles. The Hall–Kier alpha value is -1.62. The summed E-state index contributed by atoms with van der Waals surface area (Å²) >= 11 is 1.60. The van der Waals surface area contributed by atoms with Crippen molar-refractivity contribution in [2.75, 3.05) is 6.54 Å². The van der Waals surface area contributed by atoms with E-state index < -0.39 is 0 Å². The number of amides is 1. The first-order valence-corrected chi connectivity index (χ1v) is 8.48. The molecule has 0 fully saturated rings. The number of nitrogens with one attached hydrogen (secondary N) is 1. The molecule has 1 N–H and O–H groups in total. The highest BCUT2D eigenvalue weighted by Crippen LogP contribution is 2.29. The van der Waals surface area contributed by atoms with Crippen molar-refractivity contribution in [3.05, 3.63) is 40.1 Å². The number of thiophene rings is 1. The van der Waals surface area contributed by atoms with Gasteiger partial charge in [-0.05, 0) is 55.5 Å². The van der Waals surface area contributed by atoms with E-state index >= 15 is 0 Å². The van der Waals surface area contributed by atoms with Crippen LogP contribution in [0.25, 0.3) is 0 Å². The lowest BCUT2D eigenvalue weighted by molar-refractivity contribution is 0.0955. The summed E-state index contributed by atoms with van der Waals surface area (Å²) in [5.74, 6) is 0.0981. The second kappa shape index (κ2) is 6.43. The molecule has 0 spiro atoms. The van der Waals surface area contributed by atoms with Crippen LogP contribution in [0.5, 0.6) is 0 Å². The Bertz CT molecular complexity index is 603. The summed E-state index contributed by atoms with van der Waals surface area (Å²) in [6.07, 6.45) is 11.1. The van der Waals surface area contributed by atoms with Gasteiger partial charge < -0.3 is 9.88 Å². The number of aryl methyl sites for hydroxylation is 1. The third-order valence-corrected chi connectivity index (χ3v) is 5.26. The van der Waals surface area contributed by atoms with Crippen LogP contribution in [0.1, 0.15) is 53.0 Å². The molecule has 0 aromatic carbocycles. The standard InChI is InChI=1S/C16H21N3OS/c1-12(19-9-8-17-11-19)6-7-18-16(20)15-14-5-3-2-4-13(14)10-21-15/h8-12H,2-7H2,1H3,(H,18,20). The van der Waals surface area contributed by atoms with E-state index in [4.69, 9.17) is 0 Å². The van der Waals surface area contributed by atoms with Gasteiger partial charge in [0.2, 0.25) is 0 Å². The molecule has 1 aliphatic carbocycles. The van der Waals surface area contributed by atoms with E-state index in [1.807, 2.05) is 12.5 Å². The highest BCUT2D eigenvalue weighted by Gasteiger charge is 2.20. The molecule has 112 valence electrons. The lowest BCUT2D eigenvalue weighted by Crippen LogP contribution is -2.26. The maximum absolute atomic E-state index is 12.3. The summed E-state index contributed by atoms with van der Waals surface area (Å²) < 4.78 is 2.07. The Kier molecular flexibility index (Phi) is 4.39. The molecule has 0 aliphatic heterocycles. The van der Waals surface area contributed by atoms with Gasteiger partial charge in [0.15, 0.2) is 0 Å². The summed E-state index contributed by atoms with van der Waals surface area (Å²) in [6.45, 7) is 2.84. The van der Waals surface area contributed by atoms with Gasteiger partial charge in [-0.2, -0.15) is 0 Å². The number of aromatic nitrogens is 2. The topological polar surface area (TPSA) is 46.9 Å². The smallest absolute Gasteiger partial charge is 0.261 e. The van der Waals surface area contributed by atoms with Gasteiger partial charge in [-0.1, -0.05) is 0 Å². The van der Waals surface area contributed by atoms with Crippen LogP contribution in [0, 0.1) is 0 Å². The van der Waals surface area contributed by atoms with E-state index in [0.717, 1.165) is 24.1 Å². The van der Waals surface area contributed by atoms with Crippen LogP contribution in [0.2, 0.25) is 0 Å². The van der Waals surface area contributed by atoms with Gasteiger partial charge in [-0.15, -0.1) is 11.3 Å². The molecule has 2 aromatic heterocycles.